The Hall–Kier alpha value is -2.21. The van der Waals surface area contributed by atoms with Crippen LogP contribution in [-0.4, -0.2) is 45.8 Å². The van der Waals surface area contributed by atoms with Crippen LogP contribution < -0.4 is 0 Å². The van der Waals surface area contributed by atoms with E-state index in [2.05, 4.69) is 16.9 Å². The van der Waals surface area contributed by atoms with Crippen LogP contribution in [0, 0.1) is 0 Å². The van der Waals surface area contributed by atoms with Crippen molar-refractivity contribution in [2.45, 2.75) is 32.9 Å². The zero-order chi connectivity index (χ0) is 16.2. The average Bonchev–Trinajstić information content (AvgIpc) is 2.92. The van der Waals surface area contributed by atoms with Crippen LogP contribution in [0.2, 0.25) is 0 Å². The van der Waals surface area contributed by atoms with Gasteiger partial charge in [0.05, 0.1) is 25.3 Å². The molecule has 3 heterocycles. The molecule has 2 aromatic heterocycles. The van der Waals surface area contributed by atoms with Gasteiger partial charge in [-0.3, -0.25) is 14.5 Å². The summed E-state index contributed by atoms with van der Waals surface area (Å²) in [6.45, 7) is 4.70. The first kappa shape index (κ1) is 15.7. The summed E-state index contributed by atoms with van der Waals surface area (Å²) in [6.07, 6.45) is 4.87. The molecule has 0 amide bonds. The van der Waals surface area contributed by atoms with Gasteiger partial charge < -0.3 is 9.64 Å². The van der Waals surface area contributed by atoms with Crippen LogP contribution in [0.4, 0.5) is 0 Å². The van der Waals surface area contributed by atoms with Gasteiger partial charge in [0.15, 0.2) is 0 Å². The Balaban J connectivity index is 1.90. The van der Waals surface area contributed by atoms with Crippen LogP contribution in [0.25, 0.3) is 11.3 Å². The lowest BCUT2D eigenvalue weighted by Crippen LogP contribution is -2.27. The summed E-state index contributed by atoms with van der Waals surface area (Å²) >= 11 is 0. The number of likely N-dealkylation sites (N-methyl/N-ethyl adjacent to an activating group) is 1. The molecule has 0 saturated carbocycles. The fourth-order valence-corrected chi connectivity index (χ4v) is 2.98. The summed E-state index contributed by atoms with van der Waals surface area (Å²) in [5, 5.41) is 4.78. The van der Waals surface area contributed by atoms with Crippen molar-refractivity contribution in [3.05, 3.63) is 35.8 Å². The second-order valence-electron chi connectivity index (χ2n) is 5.78. The lowest BCUT2D eigenvalue weighted by molar-refractivity contribution is -0.143. The maximum atomic E-state index is 11.6. The number of nitrogens with zero attached hydrogens (tertiary/aromatic N) is 4. The Morgan fingerprint density at radius 2 is 2.13 bits per heavy atom. The van der Waals surface area contributed by atoms with Gasteiger partial charge in [-0.25, -0.2) is 0 Å². The fourth-order valence-electron chi connectivity index (χ4n) is 2.98. The first-order valence-electron chi connectivity index (χ1n) is 8.02. The van der Waals surface area contributed by atoms with Gasteiger partial charge in [0, 0.05) is 48.7 Å². The highest BCUT2D eigenvalue weighted by molar-refractivity contribution is 5.69. The van der Waals surface area contributed by atoms with Crippen molar-refractivity contribution in [1.82, 2.24) is 19.7 Å². The molecule has 0 radical (unpaired) electrons. The van der Waals surface area contributed by atoms with Gasteiger partial charge in [0.2, 0.25) is 0 Å². The highest BCUT2D eigenvalue weighted by atomic mass is 16.5. The lowest BCUT2D eigenvalue weighted by atomic mass is 10.0. The minimum absolute atomic E-state index is 0.171. The van der Waals surface area contributed by atoms with E-state index in [1.165, 1.54) is 11.3 Å². The average molecular weight is 314 g/mol. The van der Waals surface area contributed by atoms with Crippen molar-refractivity contribution in [1.29, 1.82) is 0 Å². The summed E-state index contributed by atoms with van der Waals surface area (Å²) in [4.78, 5) is 18.0. The topological polar surface area (TPSA) is 60.3 Å². The van der Waals surface area contributed by atoms with E-state index >= 15 is 0 Å². The molecule has 1 aliphatic heterocycles. The predicted molar refractivity (Wildman–Crippen MR) is 86.7 cm³/mol. The van der Waals surface area contributed by atoms with E-state index in [-0.39, 0.29) is 5.97 Å². The lowest BCUT2D eigenvalue weighted by Gasteiger charge is -2.23. The second-order valence-corrected chi connectivity index (χ2v) is 5.78. The SMILES string of the molecule is CCOC(=O)CCn1nc(-c2ccncc2)c2c1CCN(C)C2. The number of ether oxygens (including phenoxy) is 1. The van der Waals surface area contributed by atoms with E-state index in [1.807, 2.05) is 23.7 Å². The maximum Gasteiger partial charge on any atom is 0.307 e. The molecule has 0 saturated heterocycles. The van der Waals surface area contributed by atoms with E-state index in [9.17, 15) is 4.79 Å². The first-order chi connectivity index (χ1) is 11.2. The number of aryl methyl sites for hydroxylation is 1. The van der Waals surface area contributed by atoms with Crippen LogP contribution in [0.15, 0.2) is 24.5 Å². The number of carbonyl (C=O) groups excluding carboxylic acids is 1. The van der Waals surface area contributed by atoms with Crippen molar-refractivity contribution in [2.75, 3.05) is 20.2 Å². The Kier molecular flexibility index (Phi) is 4.71. The van der Waals surface area contributed by atoms with Gasteiger partial charge in [-0.1, -0.05) is 0 Å². The van der Waals surface area contributed by atoms with Crippen LogP contribution in [0.1, 0.15) is 24.6 Å². The maximum absolute atomic E-state index is 11.6. The zero-order valence-corrected chi connectivity index (χ0v) is 13.7. The van der Waals surface area contributed by atoms with Gasteiger partial charge >= 0.3 is 5.97 Å². The van der Waals surface area contributed by atoms with Crippen molar-refractivity contribution >= 4 is 5.97 Å². The van der Waals surface area contributed by atoms with Gasteiger partial charge in [-0.15, -0.1) is 0 Å². The summed E-state index contributed by atoms with van der Waals surface area (Å²) in [5.74, 6) is -0.171. The quantitative estimate of drug-likeness (QED) is 0.789. The molecular weight excluding hydrogens is 292 g/mol. The molecule has 0 bridgehead atoms. The van der Waals surface area contributed by atoms with Gasteiger partial charge in [-0.05, 0) is 26.1 Å². The predicted octanol–water partition coefficient (Wildman–Crippen LogP) is 1.89. The first-order valence-corrected chi connectivity index (χ1v) is 8.02. The van der Waals surface area contributed by atoms with Crippen LogP contribution >= 0.6 is 0 Å². The van der Waals surface area contributed by atoms with Crippen LogP contribution in [-0.2, 0) is 29.0 Å². The molecule has 0 aliphatic carbocycles. The molecule has 6 heteroatoms. The van der Waals surface area contributed by atoms with Gasteiger partial charge in [0.1, 0.15) is 0 Å². The third-order valence-corrected chi connectivity index (χ3v) is 4.11. The number of hydrogen-bond donors (Lipinski definition) is 0. The molecular formula is C17H22N4O2. The fraction of sp³-hybridized carbons (Fsp3) is 0.471. The van der Waals surface area contributed by atoms with Crippen LogP contribution in [0.5, 0.6) is 0 Å². The van der Waals surface area contributed by atoms with Crippen molar-refractivity contribution < 1.29 is 9.53 Å². The molecule has 0 aromatic carbocycles. The molecule has 0 unspecified atom stereocenters. The standard InChI is InChI=1S/C17H22N4O2/c1-3-23-16(22)7-11-21-15-6-10-20(2)12-14(15)17(19-21)13-4-8-18-9-5-13/h4-5,8-9H,3,6-7,10-12H2,1-2H3. The molecule has 1 aliphatic rings. The van der Waals surface area contributed by atoms with Crippen LogP contribution in [0.3, 0.4) is 0 Å². The van der Waals surface area contributed by atoms with E-state index in [0.29, 0.717) is 19.6 Å². The highest BCUT2D eigenvalue weighted by Gasteiger charge is 2.24. The molecule has 0 atom stereocenters. The van der Waals surface area contributed by atoms with Gasteiger partial charge in [0.25, 0.3) is 0 Å². The Labute approximate surface area is 136 Å². The van der Waals surface area contributed by atoms with Gasteiger partial charge in [-0.2, -0.15) is 5.10 Å². The molecule has 0 N–H and O–H groups in total. The van der Waals surface area contributed by atoms with E-state index in [4.69, 9.17) is 9.84 Å². The molecule has 0 spiro atoms. The normalized spacial score (nSPS) is 14.5. The number of aromatic nitrogens is 3. The molecule has 23 heavy (non-hydrogen) atoms. The minimum atomic E-state index is -0.171. The molecule has 2 aromatic rings. The number of esters is 1. The third kappa shape index (κ3) is 3.42. The summed E-state index contributed by atoms with van der Waals surface area (Å²) < 4.78 is 7.00. The molecule has 0 fully saturated rings. The summed E-state index contributed by atoms with van der Waals surface area (Å²) in [7, 11) is 2.12. The Morgan fingerprint density at radius 3 is 2.87 bits per heavy atom. The number of rotatable bonds is 5. The monoisotopic (exact) mass is 314 g/mol. The van der Waals surface area contributed by atoms with E-state index < -0.39 is 0 Å². The number of hydrogen-bond acceptors (Lipinski definition) is 5. The zero-order valence-electron chi connectivity index (χ0n) is 13.7. The number of carbonyl (C=O) groups is 1. The minimum Gasteiger partial charge on any atom is -0.466 e. The Morgan fingerprint density at radius 1 is 1.35 bits per heavy atom. The number of pyridine rings is 1. The number of fused-ring (bicyclic) bond motifs is 1. The summed E-state index contributed by atoms with van der Waals surface area (Å²) in [6, 6.07) is 3.96. The smallest absolute Gasteiger partial charge is 0.307 e. The van der Waals surface area contributed by atoms with Crippen molar-refractivity contribution in [2.24, 2.45) is 0 Å². The van der Waals surface area contributed by atoms with E-state index in [0.717, 1.165) is 30.8 Å². The Bertz CT molecular complexity index is 681. The van der Waals surface area contributed by atoms with E-state index in [1.54, 1.807) is 12.4 Å². The van der Waals surface area contributed by atoms with Crippen molar-refractivity contribution in [3.8, 4) is 11.3 Å². The second kappa shape index (κ2) is 6.91. The highest BCUT2D eigenvalue weighted by Crippen LogP contribution is 2.29. The molecule has 6 nitrogen and oxygen atoms in total. The molecule has 122 valence electrons. The van der Waals surface area contributed by atoms with Crippen molar-refractivity contribution in [3.63, 3.8) is 0 Å². The third-order valence-electron chi connectivity index (χ3n) is 4.11. The molecule has 3 rings (SSSR count). The summed E-state index contributed by atoms with van der Waals surface area (Å²) in [5.41, 5.74) is 4.56. The largest absolute Gasteiger partial charge is 0.466 e.